The molecule has 52 heavy (non-hydrogen) atoms. The number of rotatable bonds is 36. The molecule has 0 amide bonds. The van der Waals surface area contributed by atoms with Crippen LogP contribution in [0.2, 0.25) is 0 Å². The van der Waals surface area contributed by atoms with Gasteiger partial charge in [0.05, 0.1) is 21.1 Å². The molecule has 8 nitrogen and oxygen atoms in total. The monoisotopic (exact) mass is 752 g/mol. The number of aliphatic hydroxyl groups is 1. The van der Waals surface area contributed by atoms with Crippen molar-refractivity contribution < 1.29 is 39.3 Å². The first-order chi connectivity index (χ1) is 24.4. The van der Waals surface area contributed by atoms with Crippen molar-refractivity contribution in [3.05, 3.63) is 0 Å². The summed E-state index contributed by atoms with van der Waals surface area (Å²) in [4.78, 5) is 30.5. The summed E-state index contributed by atoms with van der Waals surface area (Å²) < 4.78 is 0.550. The summed E-state index contributed by atoms with van der Waals surface area (Å²) >= 11 is 0. The van der Waals surface area contributed by atoms with Crippen molar-refractivity contribution in [3.63, 3.8) is 0 Å². The average molecular weight is 752 g/mol. The summed E-state index contributed by atoms with van der Waals surface area (Å²) in [5.74, 6) is -3.01. The van der Waals surface area contributed by atoms with Crippen molar-refractivity contribution in [3.8, 4) is 0 Å². The van der Waals surface area contributed by atoms with Gasteiger partial charge < -0.3 is 39.3 Å². The summed E-state index contributed by atoms with van der Waals surface area (Å²) in [5.41, 5.74) is 0. The fourth-order valence-corrected chi connectivity index (χ4v) is 6.17. The van der Waals surface area contributed by atoms with Crippen LogP contribution in [0, 0.1) is 0 Å². The molecule has 0 heterocycles. The number of carboxylic acids is 3. The third-order valence-corrected chi connectivity index (χ3v) is 9.13. The van der Waals surface area contributed by atoms with Crippen molar-refractivity contribution in [1.82, 2.24) is 0 Å². The van der Waals surface area contributed by atoms with E-state index in [1.807, 2.05) is 21.1 Å². The third-order valence-electron chi connectivity index (χ3n) is 9.13. The molecule has 0 aliphatic rings. The van der Waals surface area contributed by atoms with Gasteiger partial charge in [0.15, 0.2) is 0 Å². The van der Waals surface area contributed by atoms with E-state index in [-0.39, 0.29) is 42.3 Å². The van der Waals surface area contributed by atoms with Crippen LogP contribution in [0.5, 0.6) is 0 Å². The van der Waals surface area contributed by atoms with Gasteiger partial charge in [-0.2, -0.15) is 0 Å². The molecule has 0 spiro atoms. The number of aliphatic carboxylic acids is 3. The quantitative estimate of drug-likeness (QED) is 0.0391. The van der Waals surface area contributed by atoms with E-state index in [1.54, 1.807) is 0 Å². The van der Waals surface area contributed by atoms with Gasteiger partial charge in [-0.3, -0.25) is 0 Å². The number of nitrogens with zero attached hydrogens (tertiary/aromatic N) is 1. The van der Waals surface area contributed by atoms with Gasteiger partial charge in [0.1, 0.15) is 12.6 Å². The Morgan fingerprint density at radius 2 is 0.635 bits per heavy atom. The van der Waals surface area contributed by atoms with Gasteiger partial charge in [-0.15, -0.1) is 0 Å². The van der Waals surface area contributed by atoms with Crippen LogP contribution in [0.25, 0.3) is 0 Å². The number of carbonyl (C=O) groups is 3. The third kappa shape index (κ3) is 64.1. The average Bonchev–Trinajstić information content (AvgIpc) is 3.04. The van der Waals surface area contributed by atoms with E-state index in [9.17, 15) is 29.7 Å². The van der Waals surface area contributed by atoms with Crippen LogP contribution >= 0.6 is 0 Å². The van der Waals surface area contributed by atoms with E-state index in [4.69, 9.17) is 5.11 Å². The molecule has 0 rings (SSSR count). The zero-order valence-corrected chi connectivity index (χ0v) is 36.6. The van der Waals surface area contributed by atoms with Gasteiger partial charge in [0.2, 0.25) is 0 Å². The first-order valence-corrected chi connectivity index (χ1v) is 21.4. The SMILES string of the molecule is CCCCCCCCCCCCCCCCCC(=O)[O-].CCCCCCCCCCCCCCCCCC(=O)[O-].C[N+](C)(C)C[C@H](O)CC(=O)[O-].[Mg+2]. The second-order valence-electron chi connectivity index (χ2n) is 15.8. The molecule has 306 valence electrons. The second-order valence-corrected chi connectivity index (χ2v) is 15.8. The normalized spacial score (nSPS) is 11.4. The largest absolute Gasteiger partial charge is 2.00 e. The van der Waals surface area contributed by atoms with Crippen LogP contribution in [0.15, 0.2) is 0 Å². The summed E-state index contributed by atoms with van der Waals surface area (Å²) in [7, 11) is 5.66. The van der Waals surface area contributed by atoms with E-state index in [0.717, 1.165) is 25.7 Å². The molecular weight excluding hydrogens is 667 g/mol. The zero-order valence-electron chi connectivity index (χ0n) is 35.2. The van der Waals surface area contributed by atoms with Crippen LogP contribution in [0.3, 0.4) is 0 Å². The topological polar surface area (TPSA) is 141 Å². The molecule has 0 aromatic heterocycles. The summed E-state index contributed by atoms with van der Waals surface area (Å²) in [6, 6.07) is 0. The first kappa shape index (κ1) is 57.8. The Bertz CT molecular complexity index is 701. The summed E-state index contributed by atoms with van der Waals surface area (Å²) in [6.45, 7) is 4.96. The molecule has 0 unspecified atom stereocenters. The van der Waals surface area contributed by atoms with E-state index in [2.05, 4.69) is 13.8 Å². The number of unbranched alkanes of at least 4 members (excludes halogenated alkanes) is 28. The molecular formula is C43H85MgNO7. The van der Waals surface area contributed by atoms with Gasteiger partial charge in [-0.25, -0.2) is 0 Å². The molecule has 0 aliphatic heterocycles. The van der Waals surface area contributed by atoms with Crippen LogP contribution < -0.4 is 15.3 Å². The molecule has 9 heteroatoms. The van der Waals surface area contributed by atoms with Gasteiger partial charge in [0.25, 0.3) is 0 Å². The van der Waals surface area contributed by atoms with Crippen molar-refractivity contribution in [2.75, 3.05) is 27.7 Å². The summed E-state index contributed by atoms with van der Waals surface area (Å²) in [5, 5.41) is 39.6. The number of quaternary nitrogens is 1. The Hall–Kier alpha value is -0.904. The Labute approximate surface area is 338 Å². The van der Waals surface area contributed by atoms with Gasteiger partial charge in [-0.05, 0) is 25.7 Å². The molecule has 1 atom stereocenters. The first-order valence-electron chi connectivity index (χ1n) is 21.4. The van der Waals surface area contributed by atoms with E-state index in [0.29, 0.717) is 11.0 Å². The number of aliphatic hydroxyl groups excluding tert-OH is 1. The van der Waals surface area contributed by atoms with Crippen molar-refractivity contribution in [2.45, 2.75) is 232 Å². The molecule has 1 N–H and O–H groups in total. The minimum Gasteiger partial charge on any atom is -0.550 e. The number of hydrogen-bond acceptors (Lipinski definition) is 7. The maximum absolute atomic E-state index is 10.2. The fraction of sp³-hybridized carbons (Fsp3) is 0.930. The minimum atomic E-state index is -1.20. The minimum absolute atomic E-state index is 0. The zero-order chi connectivity index (χ0) is 38.9. The number of hydrogen-bond donors (Lipinski definition) is 1. The molecule has 0 saturated heterocycles. The fourth-order valence-electron chi connectivity index (χ4n) is 6.17. The number of likely N-dealkylation sites (N-methyl/N-ethyl adjacent to an activating group) is 1. The van der Waals surface area contributed by atoms with Crippen molar-refractivity contribution >= 4 is 41.0 Å². The van der Waals surface area contributed by atoms with Crippen molar-refractivity contribution in [1.29, 1.82) is 0 Å². The van der Waals surface area contributed by atoms with Gasteiger partial charge in [-0.1, -0.05) is 194 Å². The molecule has 0 aliphatic carbocycles. The Morgan fingerprint density at radius 3 is 0.808 bits per heavy atom. The van der Waals surface area contributed by atoms with E-state index in [1.165, 1.54) is 167 Å². The molecule has 0 saturated carbocycles. The van der Waals surface area contributed by atoms with E-state index >= 15 is 0 Å². The Kier molecular flexibility index (Phi) is 51.4. The Balaban J connectivity index is -0.000000344. The number of carboxylic acid groups (broad SMARTS) is 3. The molecule has 0 bridgehead atoms. The van der Waals surface area contributed by atoms with Gasteiger partial charge >= 0.3 is 23.1 Å². The van der Waals surface area contributed by atoms with Crippen LogP contribution in [0.4, 0.5) is 0 Å². The summed E-state index contributed by atoms with van der Waals surface area (Å²) in [6.07, 6.45) is 38.6. The predicted octanol–water partition coefficient (Wildman–Crippen LogP) is 7.81. The second kappa shape index (κ2) is 46.3. The van der Waals surface area contributed by atoms with Crippen LogP contribution in [0.1, 0.15) is 226 Å². The van der Waals surface area contributed by atoms with Crippen LogP contribution in [-0.2, 0) is 14.4 Å². The maximum Gasteiger partial charge on any atom is 2.00 e. The van der Waals surface area contributed by atoms with Crippen LogP contribution in [-0.4, -0.2) is 84.3 Å². The smallest absolute Gasteiger partial charge is 0.550 e. The molecule has 0 fully saturated rings. The van der Waals surface area contributed by atoms with Crippen molar-refractivity contribution in [2.24, 2.45) is 0 Å². The van der Waals surface area contributed by atoms with E-state index < -0.39 is 24.0 Å². The Morgan fingerprint density at radius 1 is 0.423 bits per heavy atom. The molecule has 0 aromatic rings. The predicted molar refractivity (Wildman–Crippen MR) is 213 cm³/mol. The maximum atomic E-state index is 10.2. The van der Waals surface area contributed by atoms with Gasteiger partial charge in [0, 0.05) is 24.3 Å². The molecule has 0 radical (unpaired) electrons. The molecule has 0 aromatic carbocycles. The standard InChI is InChI=1S/2C18H36O2.C7H15NO3.Mg/c2*1-2-3-4-5-6-7-8-9-10-11-12-13-14-15-16-17-18(19)20;1-8(2,3)5-6(9)4-7(10)11;/h2*2-17H2,1H3,(H,19,20);6,9H,4-5H2,1-3H3;/q;;;+2/p-2/t;;6-;/m..1./s1. The number of carbonyl (C=O) groups excluding carboxylic acids is 3.